The number of rotatable bonds is 5. The van der Waals surface area contributed by atoms with Gasteiger partial charge in [0, 0.05) is 0 Å². The summed E-state index contributed by atoms with van der Waals surface area (Å²) >= 11 is 0. The van der Waals surface area contributed by atoms with Gasteiger partial charge in [-0.2, -0.15) is 0 Å². The minimum absolute atomic E-state index is 0.335. The molecule has 1 aromatic carbocycles. The summed E-state index contributed by atoms with van der Waals surface area (Å²) in [6.07, 6.45) is 1.64. The Labute approximate surface area is 105 Å². The zero-order valence-electron chi connectivity index (χ0n) is 11.6. The first-order valence-electron chi connectivity index (χ1n) is 6.38. The molecule has 17 heavy (non-hydrogen) atoms. The van der Waals surface area contributed by atoms with E-state index in [0.29, 0.717) is 5.92 Å². The highest BCUT2D eigenvalue weighted by Gasteiger charge is 2.20. The number of aryl methyl sites for hydroxylation is 2. The fraction of sp³-hybridized carbons (Fsp3) is 0.600. The van der Waals surface area contributed by atoms with E-state index in [-0.39, 0.29) is 6.10 Å². The molecule has 0 saturated heterocycles. The fourth-order valence-corrected chi connectivity index (χ4v) is 2.34. The lowest BCUT2D eigenvalue weighted by Gasteiger charge is -2.23. The van der Waals surface area contributed by atoms with Gasteiger partial charge < -0.3 is 9.84 Å². The van der Waals surface area contributed by atoms with Crippen LogP contribution in [0.15, 0.2) is 12.1 Å². The molecular formula is C15H24O2. The highest BCUT2D eigenvalue weighted by atomic mass is 16.5. The van der Waals surface area contributed by atoms with Crippen molar-refractivity contribution in [2.75, 3.05) is 7.11 Å². The van der Waals surface area contributed by atoms with E-state index in [1.807, 2.05) is 19.9 Å². The number of benzene rings is 1. The van der Waals surface area contributed by atoms with Crippen LogP contribution in [0.3, 0.4) is 0 Å². The molecule has 0 bridgehead atoms. The van der Waals surface area contributed by atoms with Gasteiger partial charge in [-0.1, -0.05) is 26.7 Å². The third kappa shape index (κ3) is 3.01. The van der Waals surface area contributed by atoms with Crippen LogP contribution in [0.25, 0.3) is 0 Å². The van der Waals surface area contributed by atoms with Gasteiger partial charge in [0.1, 0.15) is 5.75 Å². The van der Waals surface area contributed by atoms with E-state index >= 15 is 0 Å². The standard InChI is InChI=1S/C15H24O2/c1-6-12(7-2)15(16)13-8-11(4)14(17-5)9-10(13)3/h8-9,12,15-16H,6-7H2,1-5H3. The van der Waals surface area contributed by atoms with Crippen LogP contribution in [-0.4, -0.2) is 12.2 Å². The lowest BCUT2D eigenvalue weighted by molar-refractivity contribution is 0.102. The topological polar surface area (TPSA) is 29.5 Å². The molecule has 0 amide bonds. The van der Waals surface area contributed by atoms with Crippen molar-refractivity contribution in [2.24, 2.45) is 5.92 Å². The van der Waals surface area contributed by atoms with Gasteiger partial charge in [0.2, 0.25) is 0 Å². The predicted octanol–water partition coefficient (Wildman–Crippen LogP) is 3.78. The molecule has 96 valence electrons. The second-order valence-corrected chi connectivity index (χ2v) is 4.70. The van der Waals surface area contributed by atoms with Crippen molar-refractivity contribution in [1.29, 1.82) is 0 Å². The van der Waals surface area contributed by atoms with E-state index in [1.54, 1.807) is 7.11 Å². The summed E-state index contributed by atoms with van der Waals surface area (Å²) in [5.74, 6) is 1.23. The molecule has 1 rings (SSSR count). The Morgan fingerprint density at radius 3 is 2.18 bits per heavy atom. The van der Waals surface area contributed by atoms with Gasteiger partial charge >= 0.3 is 0 Å². The summed E-state index contributed by atoms with van der Waals surface area (Å²) in [5, 5.41) is 10.4. The van der Waals surface area contributed by atoms with Crippen LogP contribution in [0, 0.1) is 19.8 Å². The number of aliphatic hydroxyl groups is 1. The lowest BCUT2D eigenvalue weighted by Crippen LogP contribution is -2.12. The van der Waals surface area contributed by atoms with Crippen LogP contribution in [0.2, 0.25) is 0 Å². The smallest absolute Gasteiger partial charge is 0.122 e. The van der Waals surface area contributed by atoms with Crippen molar-refractivity contribution < 1.29 is 9.84 Å². The van der Waals surface area contributed by atoms with Crippen molar-refractivity contribution in [1.82, 2.24) is 0 Å². The Morgan fingerprint density at radius 2 is 1.71 bits per heavy atom. The molecule has 2 nitrogen and oxygen atoms in total. The number of methoxy groups -OCH3 is 1. The van der Waals surface area contributed by atoms with Crippen LogP contribution >= 0.6 is 0 Å². The summed E-state index contributed by atoms with van der Waals surface area (Å²) in [4.78, 5) is 0. The fourth-order valence-electron chi connectivity index (χ4n) is 2.34. The third-order valence-corrected chi connectivity index (χ3v) is 3.60. The SMILES string of the molecule is CCC(CC)C(O)c1cc(C)c(OC)cc1C. The molecular weight excluding hydrogens is 212 g/mol. The molecule has 1 aromatic rings. The number of hydrogen-bond donors (Lipinski definition) is 1. The number of aliphatic hydroxyl groups excluding tert-OH is 1. The monoisotopic (exact) mass is 236 g/mol. The molecule has 0 radical (unpaired) electrons. The molecule has 1 unspecified atom stereocenters. The largest absolute Gasteiger partial charge is 0.496 e. The average molecular weight is 236 g/mol. The van der Waals surface area contributed by atoms with E-state index < -0.39 is 0 Å². The normalized spacial score (nSPS) is 12.9. The molecule has 0 aliphatic heterocycles. The molecule has 0 aliphatic rings. The van der Waals surface area contributed by atoms with Gasteiger partial charge in [-0.05, 0) is 48.6 Å². The van der Waals surface area contributed by atoms with Gasteiger partial charge in [0.25, 0.3) is 0 Å². The van der Waals surface area contributed by atoms with Crippen molar-refractivity contribution in [3.8, 4) is 5.75 Å². The van der Waals surface area contributed by atoms with Crippen LogP contribution < -0.4 is 4.74 Å². The first-order chi connectivity index (χ1) is 8.04. The number of hydrogen-bond acceptors (Lipinski definition) is 2. The Bertz CT molecular complexity index is 367. The minimum atomic E-state index is -0.366. The maximum absolute atomic E-state index is 10.4. The molecule has 1 atom stereocenters. The van der Waals surface area contributed by atoms with E-state index in [2.05, 4.69) is 19.9 Å². The molecule has 0 aliphatic carbocycles. The molecule has 0 aromatic heterocycles. The molecule has 0 heterocycles. The Kier molecular flexibility index (Phi) is 5.01. The van der Waals surface area contributed by atoms with Crippen LogP contribution in [0.5, 0.6) is 5.75 Å². The molecule has 0 spiro atoms. The lowest BCUT2D eigenvalue weighted by atomic mass is 9.88. The molecule has 2 heteroatoms. The second-order valence-electron chi connectivity index (χ2n) is 4.70. The highest BCUT2D eigenvalue weighted by Crippen LogP contribution is 2.32. The quantitative estimate of drug-likeness (QED) is 0.843. The Balaban J connectivity index is 3.09. The zero-order valence-corrected chi connectivity index (χ0v) is 11.6. The van der Waals surface area contributed by atoms with Gasteiger partial charge in [-0.15, -0.1) is 0 Å². The highest BCUT2D eigenvalue weighted by molar-refractivity contribution is 5.42. The van der Waals surface area contributed by atoms with E-state index in [9.17, 15) is 5.11 Å². The third-order valence-electron chi connectivity index (χ3n) is 3.60. The molecule has 0 fully saturated rings. The van der Waals surface area contributed by atoms with Crippen molar-refractivity contribution in [3.05, 3.63) is 28.8 Å². The van der Waals surface area contributed by atoms with Crippen molar-refractivity contribution in [2.45, 2.75) is 46.6 Å². The van der Waals surface area contributed by atoms with Gasteiger partial charge in [0.05, 0.1) is 13.2 Å². The first-order valence-corrected chi connectivity index (χ1v) is 6.38. The maximum atomic E-state index is 10.4. The summed E-state index contributed by atoms with van der Waals surface area (Å²) in [5.41, 5.74) is 3.22. The minimum Gasteiger partial charge on any atom is -0.496 e. The summed E-state index contributed by atoms with van der Waals surface area (Å²) in [6.45, 7) is 8.30. The molecule has 0 saturated carbocycles. The molecule has 1 N–H and O–H groups in total. The average Bonchev–Trinajstić information content (AvgIpc) is 2.32. The second kappa shape index (κ2) is 6.06. The number of ether oxygens (including phenoxy) is 1. The predicted molar refractivity (Wildman–Crippen MR) is 71.5 cm³/mol. The van der Waals surface area contributed by atoms with Crippen LogP contribution in [0.1, 0.15) is 49.5 Å². The summed E-state index contributed by atoms with van der Waals surface area (Å²) in [6, 6.07) is 4.06. The van der Waals surface area contributed by atoms with E-state index in [1.165, 1.54) is 0 Å². The van der Waals surface area contributed by atoms with Gasteiger partial charge in [-0.25, -0.2) is 0 Å². The van der Waals surface area contributed by atoms with Crippen molar-refractivity contribution >= 4 is 0 Å². The van der Waals surface area contributed by atoms with Crippen LogP contribution in [-0.2, 0) is 0 Å². The maximum Gasteiger partial charge on any atom is 0.122 e. The van der Waals surface area contributed by atoms with Crippen LogP contribution in [0.4, 0.5) is 0 Å². The van der Waals surface area contributed by atoms with Gasteiger partial charge in [0.15, 0.2) is 0 Å². The Hall–Kier alpha value is -1.02. The van der Waals surface area contributed by atoms with E-state index in [0.717, 1.165) is 35.3 Å². The zero-order chi connectivity index (χ0) is 13.0. The first kappa shape index (κ1) is 14.0. The van der Waals surface area contributed by atoms with Gasteiger partial charge in [-0.3, -0.25) is 0 Å². The summed E-state index contributed by atoms with van der Waals surface area (Å²) in [7, 11) is 1.68. The summed E-state index contributed by atoms with van der Waals surface area (Å²) < 4.78 is 5.29. The Morgan fingerprint density at radius 1 is 1.12 bits per heavy atom. The van der Waals surface area contributed by atoms with E-state index in [4.69, 9.17) is 4.74 Å². The van der Waals surface area contributed by atoms with Crippen molar-refractivity contribution in [3.63, 3.8) is 0 Å².